The van der Waals surface area contributed by atoms with Crippen molar-refractivity contribution in [2.24, 2.45) is 0 Å². The van der Waals surface area contributed by atoms with Gasteiger partial charge in [-0.25, -0.2) is 4.98 Å². The molecular formula is C17H23N3O. The first kappa shape index (κ1) is 15.5. The van der Waals surface area contributed by atoms with Crippen molar-refractivity contribution in [1.29, 1.82) is 0 Å². The van der Waals surface area contributed by atoms with Crippen molar-refractivity contribution in [2.45, 2.75) is 31.9 Å². The van der Waals surface area contributed by atoms with Crippen molar-refractivity contribution < 1.29 is 5.11 Å². The van der Waals surface area contributed by atoms with Gasteiger partial charge in [0.1, 0.15) is 5.82 Å². The summed E-state index contributed by atoms with van der Waals surface area (Å²) in [6.45, 7) is 2.65. The highest BCUT2D eigenvalue weighted by molar-refractivity contribution is 5.30. The number of benzene rings is 1. The lowest BCUT2D eigenvalue weighted by Crippen LogP contribution is -2.30. The van der Waals surface area contributed by atoms with Gasteiger partial charge in [-0.2, -0.15) is 0 Å². The number of hydrogen-bond acceptors (Lipinski definition) is 4. The molecule has 1 aromatic carbocycles. The van der Waals surface area contributed by atoms with Gasteiger partial charge in [0.15, 0.2) is 0 Å². The molecule has 2 unspecified atom stereocenters. The topological polar surface area (TPSA) is 71.2 Å². The van der Waals surface area contributed by atoms with Crippen LogP contribution in [0.5, 0.6) is 0 Å². The van der Waals surface area contributed by atoms with E-state index in [0.717, 1.165) is 18.4 Å². The van der Waals surface area contributed by atoms with E-state index in [9.17, 15) is 5.11 Å². The van der Waals surface area contributed by atoms with Gasteiger partial charge in [0.25, 0.3) is 0 Å². The normalized spacial score (nSPS) is 13.8. The Morgan fingerprint density at radius 1 is 1.19 bits per heavy atom. The molecular weight excluding hydrogens is 262 g/mol. The maximum Gasteiger partial charge on any atom is 0.123 e. The molecule has 0 aliphatic heterocycles. The highest BCUT2D eigenvalue weighted by Crippen LogP contribution is 2.12. The van der Waals surface area contributed by atoms with Crippen LogP contribution in [0, 0.1) is 0 Å². The quantitative estimate of drug-likeness (QED) is 0.730. The predicted octanol–water partition coefficient (Wildman–Crippen LogP) is 2.31. The number of aromatic nitrogens is 1. The minimum atomic E-state index is -0.558. The molecule has 0 radical (unpaired) electrons. The van der Waals surface area contributed by atoms with Crippen molar-refractivity contribution in [3.63, 3.8) is 0 Å². The zero-order valence-electron chi connectivity index (χ0n) is 12.4. The summed E-state index contributed by atoms with van der Waals surface area (Å²) in [7, 11) is 0. The minimum absolute atomic E-state index is 0.349. The molecule has 0 amide bonds. The van der Waals surface area contributed by atoms with Gasteiger partial charge in [0.2, 0.25) is 0 Å². The van der Waals surface area contributed by atoms with Crippen molar-refractivity contribution >= 4 is 5.82 Å². The molecule has 0 spiro atoms. The zero-order chi connectivity index (χ0) is 15.1. The average Bonchev–Trinajstić information content (AvgIpc) is 2.52. The molecule has 4 N–H and O–H groups in total. The number of aliphatic hydroxyl groups excluding tert-OH is 1. The Bertz CT molecular complexity index is 527. The molecule has 0 saturated carbocycles. The number of hydrogen-bond donors (Lipinski definition) is 3. The second-order valence-electron chi connectivity index (χ2n) is 5.37. The first-order chi connectivity index (χ1) is 10.1. The lowest BCUT2D eigenvalue weighted by Gasteiger charge is -2.17. The Hall–Kier alpha value is -1.91. The number of nitrogen functional groups attached to an aromatic ring is 1. The van der Waals surface area contributed by atoms with E-state index in [-0.39, 0.29) is 0 Å². The summed E-state index contributed by atoms with van der Waals surface area (Å²) < 4.78 is 0. The van der Waals surface area contributed by atoms with E-state index in [1.165, 1.54) is 5.56 Å². The third-order valence-corrected chi connectivity index (χ3v) is 3.56. The van der Waals surface area contributed by atoms with E-state index >= 15 is 0 Å². The minimum Gasteiger partial charge on any atom is -0.387 e. The summed E-state index contributed by atoms with van der Waals surface area (Å²) in [5.74, 6) is 0.468. The average molecular weight is 285 g/mol. The van der Waals surface area contributed by atoms with Crippen molar-refractivity contribution in [2.75, 3.05) is 12.3 Å². The van der Waals surface area contributed by atoms with E-state index in [1.807, 2.05) is 12.1 Å². The third kappa shape index (κ3) is 5.17. The fourth-order valence-electron chi connectivity index (χ4n) is 2.17. The van der Waals surface area contributed by atoms with Gasteiger partial charge < -0.3 is 16.2 Å². The Kier molecular flexibility index (Phi) is 5.72. The summed E-state index contributed by atoms with van der Waals surface area (Å²) >= 11 is 0. The Balaban J connectivity index is 1.73. The van der Waals surface area contributed by atoms with Crippen LogP contribution in [0.25, 0.3) is 0 Å². The molecule has 112 valence electrons. The number of aryl methyl sites for hydroxylation is 1. The molecule has 0 saturated heterocycles. The number of nitrogens with one attached hydrogen (secondary N) is 1. The second-order valence-corrected chi connectivity index (χ2v) is 5.37. The van der Waals surface area contributed by atoms with E-state index in [1.54, 1.807) is 12.3 Å². The first-order valence-electron chi connectivity index (χ1n) is 7.32. The Morgan fingerprint density at radius 3 is 2.62 bits per heavy atom. The number of rotatable bonds is 7. The number of pyridine rings is 1. The SMILES string of the molecule is CC(CCc1ccccc1)NCC(O)c1ccc(N)nc1. The van der Waals surface area contributed by atoms with Crippen molar-refractivity contribution in [1.82, 2.24) is 10.3 Å². The summed E-state index contributed by atoms with van der Waals surface area (Å²) in [5, 5.41) is 13.5. The van der Waals surface area contributed by atoms with Crippen LogP contribution < -0.4 is 11.1 Å². The lowest BCUT2D eigenvalue weighted by molar-refractivity contribution is 0.169. The molecule has 2 rings (SSSR count). The highest BCUT2D eigenvalue weighted by Gasteiger charge is 2.10. The molecule has 21 heavy (non-hydrogen) atoms. The van der Waals surface area contributed by atoms with Crippen LogP contribution in [0.3, 0.4) is 0 Å². The molecule has 0 aliphatic carbocycles. The molecule has 2 atom stereocenters. The smallest absolute Gasteiger partial charge is 0.123 e. The van der Waals surface area contributed by atoms with Crippen LogP contribution in [-0.2, 0) is 6.42 Å². The molecule has 2 aromatic rings. The first-order valence-corrected chi connectivity index (χ1v) is 7.32. The predicted molar refractivity (Wildman–Crippen MR) is 85.8 cm³/mol. The van der Waals surface area contributed by atoms with Crippen LogP contribution in [0.4, 0.5) is 5.82 Å². The largest absolute Gasteiger partial charge is 0.387 e. The fraction of sp³-hybridized carbons (Fsp3) is 0.353. The van der Waals surface area contributed by atoms with E-state index < -0.39 is 6.10 Å². The molecule has 0 fully saturated rings. The van der Waals surface area contributed by atoms with E-state index in [2.05, 4.69) is 41.5 Å². The molecule has 0 aliphatic rings. The fourth-order valence-corrected chi connectivity index (χ4v) is 2.17. The summed E-state index contributed by atoms with van der Waals surface area (Å²) in [6, 6.07) is 14.3. The third-order valence-electron chi connectivity index (χ3n) is 3.56. The number of anilines is 1. The summed E-state index contributed by atoms with van der Waals surface area (Å²) in [4.78, 5) is 3.99. The number of aliphatic hydroxyl groups is 1. The van der Waals surface area contributed by atoms with Crippen LogP contribution >= 0.6 is 0 Å². The number of nitrogens with zero attached hydrogens (tertiary/aromatic N) is 1. The van der Waals surface area contributed by atoms with Gasteiger partial charge in [-0.3, -0.25) is 0 Å². The maximum atomic E-state index is 10.1. The van der Waals surface area contributed by atoms with Crippen LogP contribution in [0.15, 0.2) is 48.7 Å². The van der Waals surface area contributed by atoms with Gasteiger partial charge in [-0.15, -0.1) is 0 Å². The van der Waals surface area contributed by atoms with Crippen LogP contribution in [0.1, 0.15) is 30.6 Å². The maximum absolute atomic E-state index is 10.1. The molecule has 4 nitrogen and oxygen atoms in total. The Labute approximate surface area is 126 Å². The zero-order valence-corrected chi connectivity index (χ0v) is 12.4. The van der Waals surface area contributed by atoms with Gasteiger partial charge >= 0.3 is 0 Å². The summed E-state index contributed by atoms with van der Waals surface area (Å²) in [6.07, 6.45) is 3.14. The summed E-state index contributed by atoms with van der Waals surface area (Å²) in [5.41, 5.74) is 7.66. The molecule has 0 bridgehead atoms. The van der Waals surface area contributed by atoms with Gasteiger partial charge in [0, 0.05) is 24.3 Å². The molecule has 4 heteroatoms. The Morgan fingerprint density at radius 2 is 1.95 bits per heavy atom. The lowest BCUT2D eigenvalue weighted by atomic mass is 10.1. The van der Waals surface area contributed by atoms with E-state index in [4.69, 9.17) is 5.73 Å². The van der Waals surface area contributed by atoms with Gasteiger partial charge in [-0.1, -0.05) is 36.4 Å². The van der Waals surface area contributed by atoms with E-state index in [0.29, 0.717) is 18.4 Å². The number of nitrogens with two attached hydrogens (primary N) is 1. The van der Waals surface area contributed by atoms with Crippen molar-refractivity contribution in [3.05, 3.63) is 59.8 Å². The second kappa shape index (κ2) is 7.76. The van der Waals surface area contributed by atoms with Gasteiger partial charge in [-0.05, 0) is 31.4 Å². The highest BCUT2D eigenvalue weighted by atomic mass is 16.3. The van der Waals surface area contributed by atoms with Crippen LogP contribution in [0.2, 0.25) is 0 Å². The van der Waals surface area contributed by atoms with Gasteiger partial charge in [0.05, 0.1) is 6.10 Å². The molecule has 1 aromatic heterocycles. The molecule has 1 heterocycles. The van der Waals surface area contributed by atoms with Crippen molar-refractivity contribution in [3.8, 4) is 0 Å². The van der Waals surface area contributed by atoms with Crippen LogP contribution in [-0.4, -0.2) is 22.7 Å². The monoisotopic (exact) mass is 285 g/mol. The standard InChI is InChI=1S/C17H23N3O/c1-13(7-8-14-5-3-2-4-6-14)19-12-16(21)15-9-10-17(18)20-11-15/h2-6,9-11,13,16,19,21H,7-8,12H2,1H3,(H2,18,20).